The van der Waals surface area contributed by atoms with Crippen LogP contribution in [-0.2, 0) is 0 Å². The second-order valence-electron chi connectivity index (χ2n) is 1.12. The van der Waals surface area contributed by atoms with Crippen LogP contribution in [0.15, 0.2) is 24.2 Å². The van der Waals surface area contributed by atoms with Crippen LogP contribution in [0.1, 0.15) is 6.92 Å². The van der Waals surface area contributed by atoms with E-state index in [2.05, 4.69) is 6.58 Å². The summed E-state index contributed by atoms with van der Waals surface area (Å²) in [5.74, 6) is -0.456. The molecule has 0 aliphatic rings. The highest BCUT2D eigenvalue weighted by Crippen LogP contribution is 1.95. The van der Waals surface area contributed by atoms with Gasteiger partial charge in [-0.2, -0.15) is 0 Å². The van der Waals surface area contributed by atoms with E-state index >= 15 is 0 Å². The van der Waals surface area contributed by atoms with Crippen LogP contribution in [0.2, 0.25) is 0 Å². The van der Waals surface area contributed by atoms with Crippen LogP contribution in [0.25, 0.3) is 0 Å². The van der Waals surface area contributed by atoms with E-state index in [0.29, 0.717) is 0 Å². The first-order valence-corrected chi connectivity index (χ1v) is 1.92. The zero-order valence-corrected chi connectivity index (χ0v) is 4.18. The maximum Gasteiger partial charge on any atom is 0.152 e. The average Bonchev–Trinajstić information content (AvgIpc) is 1.65. The van der Waals surface area contributed by atoms with E-state index in [1.54, 1.807) is 6.92 Å². The van der Waals surface area contributed by atoms with E-state index in [9.17, 15) is 0 Å². The average molecular weight is 100 g/mol. The summed E-state index contributed by atoms with van der Waals surface area (Å²) < 4.78 is 0. The van der Waals surface area contributed by atoms with Crippen LogP contribution in [0.4, 0.5) is 0 Å². The van der Waals surface area contributed by atoms with E-state index in [4.69, 9.17) is 10.2 Å². The predicted octanol–water partition coefficient (Wildman–Crippen LogP) is 1.52. The minimum absolute atomic E-state index is 0.167. The van der Waals surface area contributed by atoms with Gasteiger partial charge in [-0.25, -0.2) is 0 Å². The van der Waals surface area contributed by atoms with Crippen molar-refractivity contribution in [1.29, 1.82) is 0 Å². The van der Waals surface area contributed by atoms with Gasteiger partial charge in [-0.05, 0) is 13.0 Å². The highest BCUT2D eigenvalue weighted by atomic mass is 16.3. The van der Waals surface area contributed by atoms with Gasteiger partial charge < -0.3 is 10.2 Å². The van der Waals surface area contributed by atoms with Crippen molar-refractivity contribution in [2.75, 3.05) is 0 Å². The molecule has 0 aromatic carbocycles. The van der Waals surface area contributed by atoms with E-state index in [1.165, 1.54) is 6.08 Å². The van der Waals surface area contributed by atoms with Crippen LogP contribution >= 0.6 is 0 Å². The molecule has 0 unspecified atom stereocenters. The highest BCUT2D eigenvalue weighted by Gasteiger charge is 1.88. The van der Waals surface area contributed by atoms with Gasteiger partial charge in [-0.3, -0.25) is 0 Å². The van der Waals surface area contributed by atoms with E-state index in [1.807, 2.05) is 0 Å². The Hall–Kier alpha value is -0.920. The van der Waals surface area contributed by atoms with Gasteiger partial charge in [0.2, 0.25) is 0 Å². The van der Waals surface area contributed by atoms with E-state index < -0.39 is 0 Å². The number of rotatable bonds is 1. The smallest absolute Gasteiger partial charge is 0.152 e. The van der Waals surface area contributed by atoms with Gasteiger partial charge in [0.25, 0.3) is 0 Å². The first kappa shape index (κ1) is 6.08. The van der Waals surface area contributed by atoms with Crippen LogP contribution < -0.4 is 0 Å². The van der Waals surface area contributed by atoms with Gasteiger partial charge in [0.15, 0.2) is 5.76 Å². The molecule has 7 heavy (non-hydrogen) atoms. The van der Waals surface area contributed by atoms with Crippen molar-refractivity contribution in [2.45, 2.75) is 6.92 Å². The number of hydrogen-bond acceptors (Lipinski definition) is 2. The molecule has 0 saturated heterocycles. The molecule has 0 heterocycles. The zero-order chi connectivity index (χ0) is 5.86. The quantitative estimate of drug-likeness (QED) is 0.387. The van der Waals surface area contributed by atoms with Gasteiger partial charge in [0, 0.05) is 0 Å². The summed E-state index contributed by atoms with van der Waals surface area (Å²) in [6.07, 6.45) is 1.36. The molecule has 0 fully saturated rings. The van der Waals surface area contributed by atoms with Gasteiger partial charge in [-0.15, -0.1) is 0 Å². The third-order valence-corrected chi connectivity index (χ3v) is 0.569. The van der Waals surface area contributed by atoms with Crippen LogP contribution in [-0.4, -0.2) is 10.2 Å². The topological polar surface area (TPSA) is 40.5 Å². The van der Waals surface area contributed by atoms with Gasteiger partial charge >= 0.3 is 0 Å². The maximum atomic E-state index is 8.45. The first-order chi connectivity index (χ1) is 3.18. The van der Waals surface area contributed by atoms with Gasteiger partial charge in [0.1, 0.15) is 5.76 Å². The van der Waals surface area contributed by atoms with Crippen molar-refractivity contribution in [1.82, 2.24) is 0 Å². The van der Waals surface area contributed by atoms with Crippen molar-refractivity contribution in [2.24, 2.45) is 0 Å². The molecule has 0 atom stereocenters. The third kappa shape index (κ3) is 1.87. The molecule has 40 valence electrons. The molecule has 2 N–H and O–H groups in total. The number of aliphatic hydroxyl groups excluding tert-OH is 2. The minimum atomic E-state index is -0.289. The molecule has 0 spiro atoms. The lowest BCUT2D eigenvalue weighted by molar-refractivity contribution is 0.328. The normalized spacial score (nSPS) is 11.3. The number of aliphatic hydroxyl groups is 2. The van der Waals surface area contributed by atoms with Crippen molar-refractivity contribution in [3.8, 4) is 0 Å². The van der Waals surface area contributed by atoms with Crippen LogP contribution in [0.5, 0.6) is 0 Å². The Morgan fingerprint density at radius 1 is 1.57 bits per heavy atom. The van der Waals surface area contributed by atoms with Gasteiger partial charge in [-0.1, -0.05) is 6.58 Å². The zero-order valence-electron chi connectivity index (χ0n) is 4.18. The number of hydrogen-bond donors (Lipinski definition) is 2. The Kier molecular flexibility index (Phi) is 1.99. The summed E-state index contributed by atoms with van der Waals surface area (Å²) in [6, 6.07) is 0. The third-order valence-electron chi connectivity index (χ3n) is 0.569. The Bertz CT molecular complexity index is 103. The van der Waals surface area contributed by atoms with E-state index in [-0.39, 0.29) is 11.5 Å². The van der Waals surface area contributed by atoms with Gasteiger partial charge in [0.05, 0.1) is 0 Å². The fourth-order valence-electron chi connectivity index (χ4n) is 0.167. The largest absolute Gasteiger partial charge is 0.505 e. The summed E-state index contributed by atoms with van der Waals surface area (Å²) in [4.78, 5) is 0. The molecule has 0 radical (unpaired) electrons. The highest BCUT2D eigenvalue weighted by molar-refractivity contribution is 5.11. The Balaban J connectivity index is 3.82. The fraction of sp³-hybridized carbons (Fsp3) is 0.200. The standard InChI is InChI=1S/C5H8O2/c1-3-5(7)4(2)6/h3,6-7H,2H2,1H3. The summed E-state index contributed by atoms with van der Waals surface area (Å²) in [5, 5.41) is 16.8. The molecule has 2 heteroatoms. The lowest BCUT2D eigenvalue weighted by Crippen LogP contribution is -1.80. The fourth-order valence-corrected chi connectivity index (χ4v) is 0.167. The van der Waals surface area contributed by atoms with Crippen LogP contribution in [0.3, 0.4) is 0 Å². The second kappa shape index (κ2) is 2.29. The molecule has 0 saturated carbocycles. The molecular weight excluding hydrogens is 92.1 g/mol. The van der Waals surface area contributed by atoms with Crippen molar-refractivity contribution in [3.05, 3.63) is 24.2 Å². The molecule has 0 aromatic rings. The minimum Gasteiger partial charge on any atom is -0.505 e. The SMILES string of the molecule is C=C(O)C(O)=CC. The Morgan fingerprint density at radius 3 is 2.00 bits per heavy atom. The second-order valence-corrected chi connectivity index (χ2v) is 1.12. The molecule has 0 rings (SSSR count). The summed E-state index contributed by atoms with van der Waals surface area (Å²) in [5.41, 5.74) is 0. The van der Waals surface area contributed by atoms with Crippen LogP contribution in [0, 0.1) is 0 Å². The first-order valence-electron chi connectivity index (χ1n) is 1.92. The molecular formula is C5H8O2. The summed E-state index contributed by atoms with van der Waals surface area (Å²) >= 11 is 0. The lowest BCUT2D eigenvalue weighted by atomic mass is 10.4. The lowest BCUT2D eigenvalue weighted by Gasteiger charge is -1.89. The molecule has 0 amide bonds. The maximum absolute atomic E-state index is 8.45. The molecule has 0 aromatic heterocycles. The summed E-state index contributed by atoms with van der Waals surface area (Å²) in [6.45, 7) is 4.67. The molecule has 2 nitrogen and oxygen atoms in total. The van der Waals surface area contributed by atoms with Crippen molar-refractivity contribution >= 4 is 0 Å². The predicted molar refractivity (Wildman–Crippen MR) is 28.2 cm³/mol. The van der Waals surface area contributed by atoms with Crippen molar-refractivity contribution in [3.63, 3.8) is 0 Å². The Labute approximate surface area is 42.4 Å². The molecule has 0 aliphatic heterocycles. The summed E-state index contributed by atoms with van der Waals surface area (Å²) in [7, 11) is 0. The number of allylic oxidation sites excluding steroid dienone is 1. The molecule has 0 bridgehead atoms. The van der Waals surface area contributed by atoms with E-state index in [0.717, 1.165) is 0 Å². The van der Waals surface area contributed by atoms with Crippen molar-refractivity contribution < 1.29 is 10.2 Å². The Morgan fingerprint density at radius 2 is 2.00 bits per heavy atom. The monoisotopic (exact) mass is 100 g/mol. The molecule has 0 aliphatic carbocycles.